The number of hydrogen-bond acceptors (Lipinski definition) is 2. The van der Waals surface area contributed by atoms with Gasteiger partial charge in [-0.3, -0.25) is 0 Å². The Labute approximate surface area is 133 Å². The van der Waals surface area contributed by atoms with Gasteiger partial charge in [-0.05, 0) is 68.5 Å². The van der Waals surface area contributed by atoms with Crippen molar-refractivity contribution in [2.45, 2.75) is 45.3 Å². The van der Waals surface area contributed by atoms with Gasteiger partial charge in [-0.15, -0.1) is 0 Å². The van der Waals surface area contributed by atoms with Crippen molar-refractivity contribution in [1.82, 2.24) is 0 Å². The van der Waals surface area contributed by atoms with Crippen LogP contribution in [0.2, 0.25) is 0 Å². The first-order chi connectivity index (χ1) is 10.2. The van der Waals surface area contributed by atoms with Gasteiger partial charge in [0.1, 0.15) is 19.2 Å². The van der Waals surface area contributed by atoms with Crippen LogP contribution in [0, 0.1) is 0 Å². The molecule has 0 saturated carbocycles. The molecule has 0 fully saturated rings. The largest absolute Gasteiger partial charge is 0.485 e. The van der Waals surface area contributed by atoms with Gasteiger partial charge in [0, 0.05) is 0 Å². The average molecular weight is 292 g/mol. The minimum atomic E-state index is -0.927. The van der Waals surface area contributed by atoms with E-state index in [-0.39, 0.29) is 0 Å². The predicted octanol–water partition coefficient (Wildman–Crippen LogP) is 2.98. The molecule has 0 aromatic heterocycles. The molecule has 0 bridgehead atoms. The molecule has 0 atom stereocenters. The fourth-order valence-corrected chi connectivity index (χ4v) is 2.69. The van der Waals surface area contributed by atoms with Gasteiger partial charge in [0.25, 0.3) is 0 Å². The van der Waals surface area contributed by atoms with Gasteiger partial charge in [-0.1, -0.05) is 29.7 Å². The number of benzene rings is 2. The van der Waals surface area contributed by atoms with Crippen LogP contribution in [0.15, 0.2) is 36.4 Å². The van der Waals surface area contributed by atoms with Gasteiger partial charge in [0.05, 0.1) is 5.60 Å². The zero-order valence-corrected chi connectivity index (χ0v) is 13.6. The van der Waals surface area contributed by atoms with Crippen molar-refractivity contribution in [3.8, 4) is 16.9 Å². The Balaban J connectivity index is 1.92. The van der Waals surface area contributed by atoms with Gasteiger partial charge in [-0.25, -0.2) is 0 Å². The molecule has 0 saturated heterocycles. The Morgan fingerprint density at radius 1 is 0.955 bits per heavy atom. The van der Waals surface area contributed by atoms with Crippen LogP contribution in [0.25, 0.3) is 11.1 Å². The maximum Gasteiger partial charge on any atom is 0.131 e. The third-order valence-electron chi connectivity index (χ3n) is 4.72. The topological polar surface area (TPSA) is 29.5 Å². The lowest BCUT2D eigenvalue weighted by molar-refractivity contribution is -0.0906. The van der Waals surface area contributed by atoms with Crippen molar-refractivity contribution in [3.05, 3.63) is 47.5 Å². The SMILES string of the molecule is [B]c1ccc2c(c1)Cc1cc(OC(C)(C)C(C)(C)O)ccc1-2. The van der Waals surface area contributed by atoms with Crippen LogP contribution < -0.4 is 10.2 Å². The molecule has 2 nitrogen and oxygen atoms in total. The van der Waals surface area contributed by atoms with Crippen molar-refractivity contribution in [2.24, 2.45) is 0 Å². The second kappa shape index (κ2) is 4.89. The fourth-order valence-electron chi connectivity index (χ4n) is 2.69. The van der Waals surface area contributed by atoms with Crippen LogP contribution in [0.3, 0.4) is 0 Å². The maximum absolute atomic E-state index is 10.2. The highest BCUT2D eigenvalue weighted by molar-refractivity contribution is 6.32. The molecule has 0 unspecified atom stereocenters. The molecule has 22 heavy (non-hydrogen) atoms. The van der Waals surface area contributed by atoms with E-state index in [1.807, 2.05) is 32.0 Å². The van der Waals surface area contributed by atoms with E-state index >= 15 is 0 Å². The van der Waals surface area contributed by atoms with Gasteiger partial charge in [0.2, 0.25) is 0 Å². The summed E-state index contributed by atoms with van der Waals surface area (Å²) < 4.78 is 6.04. The molecular formula is C19H21BO2. The second-order valence-electron chi connectivity index (χ2n) is 7.08. The van der Waals surface area contributed by atoms with Crippen molar-refractivity contribution < 1.29 is 9.84 Å². The predicted molar refractivity (Wildman–Crippen MR) is 91.1 cm³/mol. The molecule has 112 valence electrons. The average Bonchev–Trinajstić information content (AvgIpc) is 2.73. The van der Waals surface area contributed by atoms with Crippen LogP contribution >= 0.6 is 0 Å². The summed E-state index contributed by atoms with van der Waals surface area (Å²) in [7, 11) is 5.87. The lowest BCUT2D eigenvalue weighted by Crippen LogP contribution is -2.49. The molecule has 0 heterocycles. The summed E-state index contributed by atoms with van der Waals surface area (Å²) in [6.07, 6.45) is 0.871. The molecule has 1 aliphatic rings. The van der Waals surface area contributed by atoms with Gasteiger partial charge >= 0.3 is 0 Å². The number of aliphatic hydroxyl groups is 1. The first-order valence-corrected chi connectivity index (χ1v) is 7.60. The van der Waals surface area contributed by atoms with E-state index < -0.39 is 11.2 Å². The molecule has 0 amide bonds. The maximum atomic E-state index is 10.2. The summed E-state index contributed by atoms with van der Waals surface area (Å²) in [6, 6.07) is 12.2. The molecule has 2 radical (unpaired) electrons. The molecular weight excluding hydrogens is 271 g/mol. The highest BCUT2D eigenvalue weighted by Crippen LogP contribution is 2.39. The molecule has 0 aliphatic heterocycles. The molecule has 0 spiro atoms. The molecule has 3 rings (SSSR count). The molecule has 2 aromatic carbocycles. The molecule has 1 N–H and O–H groups in total. The van der Waals surface area contributed by atoms with Crippen molar-refractivity contribution in [3.63, 3.8) is 0 Å². The Morgan fingerprint density at radius 3 is 2.18 bits per heavy atom. The molecule has 2 aromatic rings. The normalized spacial score (nSPS) is 13.7. The van der Waals surface area contributed by atoms with Crippen molar-refractivity contribution in [2.75, 3.05) is 0 Å². The van der Waals surface area contributed by atoms with Crippen LogP contribution in [0.1, 0.15) is 38.8 Å². The van der Waals surface area contributed by atoms with E-state index in [1.54, 1.807) is 13.8 Å². The standard InChI is InChI=1S/C19H21BO2/c1-18(2,21)19(3,4)22-15-6-8-17-13(11-15)9-12-10-14(20)5-7-16(12)17/h5-8,10-11,21H,9H2,1-4H3. The highest BCUT2D eigenvalue weighted by atomic mass is 16.5. The number of ether oxygens (including phenoxy) is 1. The van der Waals surface area contributed by atoms with E-state index in [0.29, 0.717) is 0 Å². The third kappa shape index (κ3) is 2.54. The Hall–Kier alpha value is -1.74. The molecule has 1 aliphatic carbocycles. The quantitative estimate of drug-likeness (QED) is 0.752. The zero-order chi connectivity index (χ0) is 16.1. The minimum absolute atomic E-state index is 0.670. The third-order valence-corrected chi connectivity index (χ3v) is 4.72. The summed E-state index contributed by atoms with van der Waals surface area (Å²) in [6.45, 7) is 7.32. The van der Waals surface area contributed by atoms with Crippen molar-refractivity contribution >= 4 is 13.3 Å². The van der Waals surface area contributed by atoms with Gasteiger partial charge < -0.3 is 9.84 Å². The second-order valence-corrected chi connectivity index (χ2v) is 7.08. The summed E-state index contributed by atoms with van der Waals surface area (Å²) in [5.41, 5.74) is 4.19. The highest BCUT2D eigenvalue weighted by Gasteiger charge is 2.37. The van der Waals surface area contributed by atoms with Crippen LogP contribution in [-0.4, -0.2) is 24.2 Å². The fraction of sp³-hybridized carbons (Fsp3) is 0.368. The van der Waals surface area contributed by atoms with E-state index in [4.69, 9.17) is 12.6 Å². The number of hydrogen-bond donors (Lipinski definition) is 1. The summed E-state index contributed by atoms with van der Waals surface area (Å²) in [5.74, 6) is 0.784. The van der Waals surface area contributed by atoms with E-state index in [0.717, 1.165) is 17.6 Å². The van der Waals surface area contributed by atoms with Crippen LogP contribution in [-0.2, 0) is 6.42 Å². The van der Waals surface area contributed by atoms with Crippen LogP contribution in [0.5, 0.6) is 5.75 Å². The number of rotatable bonds is 3. The first kappa shape index (κ1) is 15.2. The monoisotopic (exact) mass is 292 g/mol. The van der Waals surface area contributed by atoms with Gasteiger partial charge in [0.15, 0.2) is 0 Å². The zero-order valence-electron chi connectivity index (χ0n) is 13.6. The Kier molecular flexibility index (Phi) is 3.37. The Bertz CT molecular complexity index is 727. The summed E-state index contributed by atoms with van der Waals surface area (Å²) in [5, 5.41) is 10.2. The molecule has 3 heteroatoms. The lowest BCUT2D eigenvalue weighted by atomic mass is 9.89. The van der Waals surface area contributed by atoms with Crippen molar-refractivity contribution in [1.29, 1.82) is 0 Å². The van der Waals surface area contributed by atoms with E-state index in [9.17, 15) is 5.11 Å². The van der Waals surface area contributed by atoms with Gasteiger partial charge in [-0.2, -0.15) is 0 Å². The first-order valence-electron chi connectivity index (χ1n) is 7.60. The Morgan fingerprint density at radius 2 is 1.55 bits per heavy atom. The van der Waals surface area contributed by atoms with Crippen LogP contribution in [0.4, 0.5) is 0 Å². The minimum Gasteiger partial charge on any atom is -0.485 e. The number of fused-ring (bicyclic) bond motifs is 3. The lowest BCUT2D eigenvalue weighted by Gasteiger charge is -2.37. The smallest absolute Gasteiger partial charge is 0.131 e. The van der Waals surface area contributed by atoms with E-state index in [1.165, 1.54) is 22.3 Å². The van der Waals surface area contributed by atoms with E-state index in [2.05, 4.69) is 18.2 Å². The summed E-state index contributed by atoms with van der Waals surface area (Å²) >= 11 is 0. The summed E-state index contributed by atoms with van der Waals surface area (Å²) in [4.78, 5) is 0.